The first-order valence-electron chi connectivity index (χ1n) is 6.76. The number of hydrogen-bond acceptors (Lipinski definition) is 2. The molecule has 3 nitrogen and oxygen atoms in total. The Morgan fingerprint density at radius 3 is 2.18 bits per heavy atom. The molecule has 0 atom stereocenters. The second-order valence-electron chi connectivity index (χ2n) is 5.44. The van der Waals surface area contributed by atoms with E-state index in [4.69, 9.17) is 5.10 Å². The Bertz CT molecular complexity index is 358. The maximum atomic E-state index is 4.80. The molecule has 0 amide bonds. The summed E-state index contributed by atoms with van der Waals surface area (Å²) in [5, 5.41) is 8.23. The lowest BCUT2D eigenvalue weighted by Gasteiger charge is -2.22. The molecule has 0 aromatic carbocycles. The van der Waals surface area contributed by atoms with Crippen molar-refractivity contribution >= 4 is 0 Å². The summed E-state index contributed by atoms with van der Waals surface area (Å²) in [5.74, 6) is 0. The van der Waals surface area contributed by atoms with Crippen LogP contribution in [-0.2, 0) is 24.9 Å². The quantitative estimate of drug-likeness (QED) is 0.853. The SMILES string of the molecule is CCNCc1c(CC)nn(C(C)(C)C)c1CC. The molecule has 0 aliphatic heterocycles. The van der Waals surface area contributed by atoms with E-state index in [2.05, 4.69) is 51.5 Å². The molecule has 1 aromatic rings. The highest BCUT2D eigenvalue weighted by molar-refractivity contribution is 5.27. The van der Waals surface area contributed by atoms with Crippen molar-refractivity contribution in [1.29, 1.82) is 0 Å². The second kappa shape index (κ2) is 5.67. The lowest BCUT2D eigenvalue weighted by molar-refractivity contribution is 0.342. The van der Waals surface area contributed by atoms with Gasteiger partial charge >= 0.3 is 0 Å². The van der Waals surface area contributed by atoms with Crippen molar-refractivity contribution in [2.24, 2.45) is 0 Å². The monoisotopic (exact) mass is 237 g/mol. The van der Waals surface area contributed by atoms with E-state index in [0.29, 0.717) is 0 Å². The van der Waals surface area contributed by atoms with Gasteiger partial charge in [-0.15, -0.1) is 0 Å². The molecule has 1 rings (SSSR count). The van der Waals surface area contributed by atoms with E-state index >= 15 is 0 Å². The molecule has 0 radical (unpaired) electrons. The van der Waals surface area contributed by atoms with Gasteiger partial charge in [-0.2, -0.15) is 5.10 Å². The van der Waals surface area contributed by atoms with Gasteiger partial charge in [0.25, 0.3) is 0 Å². The van der Waals surface area contributed by atoms with Gasteiger partial charge in [-0.3, -0.25) is 4.68 Å². The van der Waals surface area contributed by atoms with Gasteiger partial charge in [-0.1, -0.05) is 20.8 Å². The zero-order valence-corrected chi connectivity index (χ0v) is 12.2. The fourth-order valence-corrected chi connectivity index (χ4v) is 2.19. The van der Waals surface area contributed by atoms with E-state index in [1.54, 1.807) is 0 Å². The standard InChI is InChI=1S/C14H27N3/c1-7-12-11(10-15-9-3)13(8-2)17(16-12)14(4,5)6/h15H,7-10H2,1-6H3. The van der Waals surface area contributed by atoms with Crippen molar-refractivity contribution in [1.82, 2.24) is 15.1 Å². The molecule has 0 aliphatic carbocycles. The zero-order chi connectivity index (χ0) is 13.1. The number of aryl methyl sites for hydroxylation is 1. The third-order valence-electron chi connectivity index (χ3n) is 3.03. The van der Waals surface area contributed by atoms with E-state index in [-0.39, 0.29) is 5.54 Å². The highest BCUT2D eigenvalue weighted by atomic mass is 15.3. The van der Waals surface area contributed by atoms with Crippen LogP contribution in [0.4, 0.5) is 0 Å². The van der Waals surface area contributed by atoms with Crippen molar-refractivity contribution in [3.8, 4) is 0 Å². The lowest BCUT2D eigenvalue weighted by Crippen LogP contribution is -2.25. The van der Waals surface area contributed by atoms with Crippen molar-refractivity contribution in [3.05, 3.63) is 17.0 Å². The number of nitrogens with zero attached hydrogens (tertiary/aromatic N) is 2. The van der Waals surface area contributed by atoms with Crippen LogP contribution in [0.25, 0.3) is 0 Å². The minimum absolute atomic E-state index is 0.0692. The molecule has 0 aliphatic rings. The van der Waals surface area contributed by atoms with Gasteiger partial charge in [0.15, 0.2) is 0 Å². The molecule has 3 heteroatoms. The van der Waals surface area contributed by atoms with Crippen LogP contribution in [0.15, 0.2) is 0 Å². The first-order chi connectivity index (χ1) is 7.95. The highest BCUT2D eigenvalue weighted by Gasteiger charge is 2.22. The summed E-state index contributed by atoms with van der Waals surface area (Å²) < 4.78 is 2.21. The summed E-state index contributed by atoms with van der Waals surface area (Å²) in [6.45, 7) is 15.1. The molecule has 1 aromatic heterocycles. The fourth-order valence-electron chi connectivity index (χ4n) is 2.19. The summed E-state index contributed by atoms with van der Waals surface area (Å²) in [5.41, 5.74) is 4.11. The minimum atomic E-state index is 0.0692. The molecule has 0 saturated carbocycles. The van der Waals surface area contributed by atoms with Gasteiger partial charge in [0, 0.05) is 17.8 Å². The van der Waals surface area contributed by atoms with Crippen LogP contribution in [-0.4, -0.2) is 16.3 Å². The Morgan fingerprint density at radius 1 is 1.12 bits per heavy atom. The molecule has 0 bridgehead atoms. The molecule has 1 heterocycles. The maximum absolute atomic E-state index is 4.80. The summed E-state index contributed by atoms with van der Waals surface area (Å²) >= 11 is 0. The van der Waals surface area contributed by atoms with Crippen LogP contribution in [0, 0.1) is 0 Å². The topological polar surface area (TPSA) is 29.9 Å². The number of aromatic nitrogens is 2. The summed E-state index contributed by atoms with van der Waals surface area (Å²) in [6.07, 6.45) is 2.06. The van der Waals surface area contributed by atoms with Crippen molar-refractivity contribution in [2.75, 3.05) is 6.54 Å². The zero-order valence-electron chi connectivity index (χ0n) is 12.2. The van der Waals surface area contributed by atoms with Crippen LogP contribution < -0.4 is 5.32 Å². The van der Waals surface area contributed by atoms with Crippen LogP contribution in [0.5, 0.6) is 0 Å². The number of rotatable bonds is 5. The molecule has 0 fully saturated rings. The van der Waals surface area contributed by atoms with E-state index in [9.17, 15) is 0 Å². The minimum Gasteiger partial charge on any atom is -0.313 e. The lowest BCUT2D eigenvalue weighted by atomic mass is 10.1. The third-order valence-corrected chi connectivity index (χ3v) is 3.03. The Kier molecular flexibility index (Phi) is 4.75. The second-order valence-corrected chi connectivity index (χ2v) is 5.44. The molecule has 0 saturated heterocycles. The number of hydrogen-bond donors (Lipinski definition) is 1. The molecular weight excluding hydrogens is 210 g/mol. The molecule has 1 N–H and O–H groups in total. The summed E-state index contributed by atoms with van der Waals surface area (Å²) in [7, 11) is 0. The third kappa shape index (κ3) is 3.09. The Morgan fingerprint density at radius 2 is 1.76 bits per heavy atom. The Labute approximate surface area is 106 Å². The average molecular weight is 237 g/mol. The molecule has 98 valence electrons. The predicted molar refractivity (Wildman–Crippen MR) is 73.4 cm³/mol. The molecule has 0 unspecified atom stereocenters. The smallest absolute Gasteiger partial charge is 0.0669 e. The maximum Gasteiger partial charge on any atom is 0.0669 e. The molecule has 0 spiro atoms. The van der Waals surface area contributed by atoms with E-state index in [1.807, 2.05) is 0 Å². The van der Waals surface area contributed by atoms with E-state index in [1.165, 1.54) is 17.0 Å². The number of nitrogens with one attached hydrogen (secondary N) is 1. The molecule has 17 heavy (non-hydrogen) atoms. The van der Waals surface area contributed by atoms with Crippen LogP contribution in [0.3, 0.4) is 0 Å². The Hall–Kier alpha value is -0.830. The van der Waals surface area contributed by atoms with Gasteiger partial charge in [0.1, 0.15) is 0 Å². The largest absolute Gasteiger partial charge is 0.313 e. The van der Waals surface area contributed by atoms with Crippen LogP contribution >= 0.6 is 0 Å². The van der Waals surface area contributed by atoms with Crippen LogP contribution in [0.1, 0.15) is 58.5 Å². The van der Waals surface area contributed by atoms with E-state index in [0.717, 1.165) is 25.9 Å². The highest BCUT2D eigenvalue weighted by Crippen LogP contribution is 2.23. The molecular formula is C14H27N3. The normalized spacial score (nSPS) is 12.1. The van der Waals surface area contributed by atoms with Gasteiger partial charge in [-0.25, -0.2) is 0 Å². The fraction of sp³-hybridized carbons (Fsp3) is 0.786. The van der Waals surface area contributed by atoms with Crippen molar-refractivity contribution < 1.29 is 0 Å². The van der Waals surface area contributed by atoms with Crippen LogP contribution in [0.2, 0.25) is 0 Å². The summed E-state index contributed by atoms with van der Waals surface area (Å²) in [6, 6.07) is 0. The van der Waals surface area contributed by atoms with Crippen molar-refractivity contribution in [2.45, 2.75) is 66.5 Å². The van der Waals surface area contributed by atoms with Gasteiger partial charge in [0.05, 0.1) is 11.2 Å². The van der Waals surface area contributed by atoms with Gasteiger partial charge in [-0.05, 0) is 40.2 Å². The average Bonchev–Trinajstić information content (AvgIpc) is 2.63. The van der Waals surface area contributed by atoms with E-state index < -0.39 is 0 Å². The predicted octanol–water partition coefficient (Wildman–Crippen LogP) is 2.87. The Balaban J connectivity index is 3.21. The first-order valence-corrected chi connectivity index (χ1v) is 6.76. The van der Waals surface area contributed by atoms with Gasteiger partial charge in [0.2, 0.25) is 0 Å². The van der Waals surface area contributed by atoms with Crippen molar-refractivity contribution in [3.63, 3.8) is 0 Å². The first kappa shape index (κ1) is 14.2. The summed E-state index contributed by atoms with van der Waals surface area (Å²) in [4.78, 5) is 0. The van der Waals surface area contributed by atoms with Gasteiger partial charge < -0.3 is 5.32 Å².